The molecule has 2 unspecified atom stereocenters. The van der Waals surface area contributed by atoms with Crippen molar-refractivity contribution in [2.75, 3.05) is 0 Å². The van der Waals surface area contributed by atoms with Crippen molar-refractivity contribution in [2.45, 2.75) is 25.2 Å². The van der Waals surface area contributed by atoms with E-state index in [1.807, 2.05) is 6.08 Å². The van der Waals surface area contributed by atoms with Gasteiger partial charge >= 0.3 is 0 Å². The Morgan fingerprint density at radius 2 is 1.52 bits per heavy atom. The molecule has 0 fully saturated rings. The molecule has 2 atom stereocenters. The van der Waals surface area contributed by atoms with Crippen LogP contribution in [0.15, 0.2) is 96.6 Å². The van der Waals surface area contributed by atoms with Crippen molar-refractivity contribution in [3.05, 3.63) is 108 Å². The van der Waals surface area contributed by atoms with Crippen LogP contribution in [0.5, 0.6) is 0 Å². The van der Waals surface area contributed by atoms with Gasteiger partial charge in [-0.05, 0) is 72.7 Å². The van der Waals surface area contributed by atoms with Crippen molar-refractivity contribution in [3.8, 4) is 39.4 Å². The molecule has 1 nitrogen and oxygen atoms in total. The van der Waals surface area contributed by atoms with Crippen molar-refractivity contribution < 1.29 is 0 Å². The van der Waals surface area contributed by atoms with Crippen molar-refractivity contribution in [1.82, 2.24) is 0 Å². The molecule has 3 aliphatic rings. The summed E-state index contributed by atoms with van der Waals surface area (Å²) in [5, 5.41) is 12.1. The second kappa shape index (κ2) is 6.33. The van der Waals surface area contributed by atoms with E-state index in [1.54, 1.807) is 0 Å². The third-order valence-electron chi connectivity index (χ3n) is 8.16. The van der Waals surface area contributed by atoms with E-state index in [1.165, 1.54) is 55.3 Å². The van der Waals surface area contributed by atoms with Gasteiger partial charge in [-0.25, -0.2) is 0 Å². The van der Waals surface area contributed by atoms with Crippen LogP contribution in [0.2, 0.25) is 0 Å². The highest BCUT2D eigenvalue weighted by Crippen LogP contribution is 2.55. The van der Waals surface area contributed by atoms with E-state index in [4.69, 9.17) is 0 Å². The summed E-state index contributed by atoms with van der Waals surface area (Å²) >= 11 is 0. The molecule has 0 amide bonds. The molecule has 4 aromatic rings. The molecule has 1 heteroatoms. The van der Waals surface area contributed by atoms with E-state index >= 15 is 0 Å². The second-order valence-electron chi connectivity index (χ2n) is 10.1. The zero-order valence-corrected chi connectivity index (χ0v) is 18.8. The molecule has 0 bridgehead atoms. The van der Waals surface area contributed by atoms with E-state index in [9.17, 15) is 5.26 Å². The Morgan fingerprint density at radius 1 is 0.788 bits per heavy atom. The van der Waals surface area contributed by atoms with E-state index in [-0.39, 0.29) is 5.41 Å². The highest BCUT2D eigenvalue weighted by atomic mass is 14.5. The standard InChI is InChI=1S/C32H23N/c1-32(2)29-16-19(18-33)10-12-24(29)25-13-11-20(17-30(25)32)21-14-15-28-23-7-4-3-6-22(23)27-9-5-8-26(21)31(27)28/h3-17,24,29H,1-2H3. The number of hydrogen-bond acceptors (Lipinski definition) is 1. The summed E-state index contributed by atoms with van der Waals surface area (Å²) < 4.78 is 0. The third-order valence-corrected chi connectivity index (χ3v) is 8.16. The number of benzene rings is 4. The maximum Gasteiger partial charge on any atom is 0.0988 e. The molecular formula is C32H23N. The quantitative estimate of drug-likeness (QED) is 0.268. The van der Waals surface area contributed by atoms with Gasteiger partial charge in [-0.1, -0.05) is 98.8 Å². The predicted octanol–water partition coefficient (Wildman–Crippen LogP) is 8.16. The zero-order chi connectivity index (χ0) is 22.3. The Balaban J connectivity index is 1.43. The van der Waals surface area contributed by atoms with Crippen molar-refractivity contribution >= 4 is 10.8 Å². The SMILES string of the molecule is CC1(C)c2cc(-c3ccc4c5c(cccc35)-c3ccccc3-4)ccc2C2C=CC(C#N)=CC21. The van der Waals surface area contributed by atoms with Crippen LogP contribution < -0.4 is 0 Å². The van der Waals surface area contributed by atoms with Crippen LogP contribution in [-0.2, 0) is 5.41 Å². The lowest BCUT2D eigenvalue weighted by Gasteiger charge is -2.30. The first-order chi connectivity index (χ1) is 16.1. The Kier molecular flexibility index (Phi) is 3.58. The summed E-state index contributed by atoms with van der Waals surface area (Å²) in [4.78, 5) is 0. The van der Waals surface area contributed by atoms with Gasteiger partial charge in [0.25, 0.3) is 0 Å². The summed E-state index contributed by atoms with van der Waals surface area (Å²) in [5.74, 6) is 0.674. The minimum absolute atomic E-state index is 0.0199. The maximum atomic E-state index is 9.44. The lowest BCUT2D eigenvalue weighted by molar-refractivity contribution is 0.393. The minimum atomic E-state index is -0.0199. The number of fused-ring (bicyclic) bond motifs is 6. The van der Waals surface area contributed by atoms with Crippen LogP contribution in [0.4, 0.5) is 0 Å². The Hall–Kier alpha value is -3.89. The zero-order valence-electron chi connectivity index (χ0n) is 18.8. The van der Waals surface area contributed by atoms with Crippen LogP contribution >= 0.6 is 0 Å². The van der Waals surface area contributed by atoms with Crippen molar-refractivity contribution in [3.63, 3.8) is 0 Å². The Bertz CT molecular complexity index is 1580. The average molecular weight is 422 g/mol. The molecule has 4 aromatic carbocycles. The van der Waals surface area contributed by atoms with E-state index in [2.05, 4.69) is 105 Å². The topological polar surface area (TPSA) is 23.8 Å². The Morgan fingerprint density at radius 3 is 2.30 bits per heavy atom. The van der Waals surface area contributed by atoms with Crippen LogP contribution in [0.1, 0.15) is 30.9 Å². The van der Waals surface area contributed by atoms with E-state index in [0.29, 0.717) is 11.8 Å². The molecule has 0 spiro atoms. The lowest BCUT2D eigenvalue weighted by Crippen LogP contribution is -2.25. The largest absolute Gasteiger partial charge is 0.192 e. The van der Waals surface area contributed by atoms with Gasteiger partial charge in [0.15, 0.2) is 0 Å². The number of rotatable bonds is 1. The van der Waals surface area contributed by atoms with Gasteiger partial charge in [-0.3, -0.25) is 0 Å². The minimum Gasteiger partial charge on any atom is -0.192 e. The number of hydrogen-bond donors (Lipinski definition) is 0. The molecular weight excluding hydrogens is 398 g/mol. The van der Waals surface area contributed by atoms with Gasteiger partial charge in [0, 0.05) is 11.5 Å². The lowest BCUT2D eigenvalue weighted by atomic mass is 9.73. The Labute approximate surface area is 194 Å². The predicted molar refractivity (Wildman–Crippen MR) is 136 cm³/mol. The first-order valence-corrected chi connectivity index (χ1v) is 11.7. The molecule has 0 heterocycles. The van der Waals surface area contributed by atoms with Crippen LogP contribution in [0, 0.1) is 17.2 Å². The monoisotopic (exact) mass is 421 g/mol. The van der Waals surface area contributed by atoms with Gasteiger partial charge in [0.1, 0.15) is 0 Å². The average Bonchev–Trinajstić information content (AvgIpc) is 3.30. The fraction of sp³-hybridized carbons (Fsp3) is 0.156. The first-order valence-electron chi connectivity index (χ1n) is 11.7. The molecule has 0 radical (unpaired) electrons. The number of nitrogens with zero attached hydrogens (tertiary/aromatic N) is 1. The first kappa shape index (κ1) is 18.7. The van der Waals surface area contributed by atoms with Gasteiger partial charge < -0.3 is 0 Å². The molecule has 7 rings (SSSR count). The van der Waals surface area contributed by atoms with Gasteiger partial charge in [0.2, 0.25) is 0 Å². The van der Waals surface area contributed by atoms with E-state index in [0.717, 1.165) is 5.57 Å². The van der Waals surface area contributed by atoms with Gasteiger partial charge in [0.05, 0.1) is 6.07 Å². The smallest absolute Gasteiger partial charge is 0.0988 e. The summed E-state index contributed by atoms with van der Waals surface area (Å²) in [6.07, 6.45) is 6.40. The highest BCUT2D eigenvalue weighted by molar-refractivity contribution is 6.18. The summed E-state index contributed by atoms with van der Waals surface area (Å²) in [6.45, 7) is 4.66. The highest BCUT2D eigenvalue weighted by Gasteiger charge is 2.45. The molecule has 0 saturated heterocycles. The summed E-state index contributed by atoms with van der Waals surface area (Å²) in [5.41, 5.74) is 11.5. The second-order valence-corrected chi connectivity index (χ2v) is 10.1. The van der Waals surface area contributed by atoms with Crippen LogP contribution in [-0.4, -0.2) is 0 Å². The molecule has 3 aliphatic carbocycles. The summed E-state index contributed by atoms with van der Waals surface area (Å²) in [7, 11) is 0. The third kappa shape index (κ3) is 2.36. The molecule has 0 aliphatic heterocycles. The molecule has 156 valence electrons. The molecule has 33 heavy (non-hydrogen) atoms. The van der Waals surface area contributed by atoms with Crippen molar-refractivity contribution in [2.24, 2.45) is 5.92 Å². The fourth-order valence-corrected chi connectivity index (χ4v) is 6.52. The number of nitriles is 1. The fourth-order valence-electron chi connectivity index (χ4n) is 6.52. The molecule has 0 saturated carbocycles. The van der Waals surface area contributed by atoms with Gasteiger partial charge in [-0.15, -0.1) is 0 Å². The van der Waals surface area contributed by atoms with Crippen LogP contribution in [0.3, 0.4) is 0 Å². The van der Waals surface area contributed by atoms with Gasteiger partial charge in [-0.2, -0.15) is 5.26 Å². The van der Waals surface area contributed by atoms with Crippen LogP contribution in [0.25, 0.3) is 44.2 Å². The van der Waals surface area contributed by atoms with Crippen molar-refractivity contribution in [1.29, 1.82) is 5.26 Å². The maximum absolute atomic E-state index is 9.44. The summed E-state index contributed by atoms with van der Waals surface area (Å²) in [6, 6.07) is 29.4. The molecule has 0 aromatic heterocycles. The molecule has 0 N–H and O–H groups in total. The normalized spacial score (nSPS) is 20.7. The number of allylic oxidation sites excluding steroid dienone is 4. The van der Waals surface area contributed by atoms with E-state index < -0.39 is 0 Å².